The number of β-amino-alcohol motifs (C(OH)–C–C–N with tert-alkyl or cyclic N) is 1. The molecular weight excluding hydrogens is 396 g/mol. The number of aliphatic hydroxyl groups excluding tert-OH is 1. The van der Waals surface area contributed by atoms with Crippen molar-refractivity contribution in [3.63, 3.8) is 0 Å². The van der Waals surface area contributed by atoms with Gasteiger partial charge in [0.25, 0.3) is 0 Å². The first-order chi connectivity index (χ1) is 14.3. The molecule has 2 bridgehead atoms. The van der Waals surface area contributed by atoms with Gasteiger partial charge in [-0.15, -0.1) is 0 Å². The van der Waals surface area contributed by atoms with Crippen molar-refractivity contribution in [2.45, 2.75) is 65.2 Å². The van der Waals surface area contributed by atoms with E-state index in [1.54, 1.807) is 0 Å². The molecule has 30 heavy (non-hydrogen) atoms. The molecule has 2 saturated carbocycles. The van der Waals surface area contributed by atoms with Crippen molar-refractivity contribution in [3.8, 4) is 0 Å². The van der Waals surface area contributed by atoms with Crippen LogP contribution in [0.3, 0.4) is 0 Å². The summed E-state index contributed by atoms with van der Waals surface area (Å²) in [4.78, 5) is 4.87. The first-order valence-corrected chi connectivity index (χ1v) is 12.1. The number of aliphatic hydroxyl groups is 1. The van der Waals surface area contributed by atoms with Crippen molar-refractivity contribution in [1.82, 2.24) is 9.80 Å². The predicted molar refractivity (Wildman–Crippen MR) is 123 cm³/mol. The zero-order valence-corrected chi connectivity index (χ0v) is 19.7. The lowest BCUT2D eigenvalue weighted by Crippen LogP contribution is -2.48. The van der Waals surface area contributed by atoms with E-state index in [-0.39, 0.29) is 6.10 Å². The molecule has 1 saturated heterocycles. The second-order valence-corrected chi connectivity index (χ2v) is 11.1. The molecule has 0 amide bonds. The highest BCUT2D eigenvalue weighted by molar-refractivity contribution is 6.30. The maximum atomic E-state index is 10.6. The number of hydrogen-bond acceptors (Lipinski definition) is 4. The quantitative estimate of drug-likeness (QED) is 0.656. The van der Waals surface area contributed by atoms with Crippen LogP contribution in [-0.4, -0.2) is 66.4 Å². The summed E-state index contributed by atoms with van der Waals surface area (Å²) in [5, 5.41) is 11.3. The molecule has 1 aliphatic heterocycles. The van der Waals surface area contributed by atoms with Gasteiger partial charge in [-0.05, 0) is 60.1 Å². The van der Waals surface area contributed by atoms with E-state index in [1.165, 1.54) is 24.8 Å². The minimum atomic E-state index is -0.299. The monoisotopic (exact) mass is 434 g/mol. The van der Waals surface area contributed by atoms with Crippen molar-refractivity contribution >= 4 is 11.6 Å². The number of halogens is 1. The second-order valence-electron chi connectivity index (χ2n) is 10.6. The Labute approximate surface area is 187 Å². The van der Waals surface area contributed by atoms with Crippen LogP contribution in [0.25, 0.3) is 0 Å². The van der Waals surface area contributed by atoms with Gasteiger partial charge in [-0.1, -0.05) is 44.5 Å². The third-order valence-corrected chi connectivity index (χ3v) is 8.99. The fraction of sp³-hybridized carbons (Fsp3) is 0.760. The Morgan fingerprint density at radius 1 is 1.10 bits per heavy atom. The zero-order valence-electron chi connectivity index (χ0n) is 18.9. The molecule has 1 heterocycles. The third kappa shape index (κ3) is 4.59. The summed E-state index contributed by atoms with van der Waals surface area (Å²) in [5.41, 5.74) is 2.01. The fourth-order valence-electron chi connectivity index (χ4n) is 6.10. The van der Waals surface area contributed by atoms with E-state index >= 15 is 0 Å². The van der Waals surface area contributed by atoms with E-state index in [0.717, 1.165) is 56.6 Å². The normalized spacial score (nSPS) is 32.6. The SMILES string of the molecule is CC1(C)[C@H]2CC[C@]1(C)[C@H](OCC[C@H](O)CN1CCN(Cc3ccc(Cl)cc3)CC1)C2. The van der Waals surface area contributed by atoms with E-state index in [4.69, 9.17) is 16.3 Å². The van der Waals surface area contributed by atoms with Crippen LogP contribution in [0.1, 0.15) is 52.0 Å². The lowest BCUT2D eigenvalue weighted by molar-refractivity contribution is -0.0570. The molecule has 0 aromatic heterocycles. The minimum absolute atomic E-state index is 0.299. The van der Waals surface area contributed by atoms with Crippen LogP contribution in [0.4, 0.5) is 0 Å². The molecule has 0 unspecified atom stereocenters. The van der Waals surface area contributed by atoms with Gasteiger partial charge >= 0.3 is 0 Å². The van der Waals surface area contributed by atoms with Gasteiger partial charge in [0.15, 0.2) is 0 Å². The van der Waals surface area contributed by atoms with Gasteiger partial charge in [-0.2, -0.15) is 0 Å². The molecular formula is C25H39ClN2O2. The summed E-state index contributed by atoms with van der Waals surface area (Å²) >= 11 is 5.98. The highest BCUT2D eigenvalue weighted by Crippen LogP contribution is 2.66. The number of hydrogen-bond donors (Lipinski definition) is 1. The minimum Gasteiger partial charge on any atom is -0.392 e. The molecule has 4 nitrogen and oxygen atoms in total. The predicted octanol–water partition coefficient (Wildman–Crippen LogP) is 4.44. The average Bonchev–Trinajstić information content (AvgIpc) is 3.05. The highest BCUT2D eigenvalue weighted by Gasteiger charge is 2.61. The van der Waals surface area contributed by atoms with E-state index in [1.807, 2.05) is 12.1 Å². The van der Waals surface area contributed by atoms with Crippen LogP contribution in [0.2, 0.25) is 5.02 Å². The van der Waals surface area contributed by atoms with Gasteiger partial charge in [0.1, 0.15) is 0 Å². The van der Waals surface area contributed by atoms with Gasteiger partial charge in [0.05, 0.1) is 12.2 Å². The number of fused-ring (bicyclic) bond motifs is 2. The molecule has 168 valence electrons. The molecule has 3 aliphatic rings. The van der Waals surface area contributed by atoms with Gasteiger partial charge in [-0.25, -0.2) is 0 Å². The van der Waals surface area contributed by atoms with E-state index in [0.29, 0.717) is 23.5 Å². The van der Waals surface area contributed by atoms with Gasteiger partial charge in [0, 0.05) is 50.9 Å². The average molecular weight is 435 g/mol. The van der Waals surface area contributed by atoms with E-state index in [9.17, 15) is 5.11 Å². The Kier molecular flexibility index (Phi) is 6.82. The first-order valence-electron chi connectivity index (χ1n) is 11.8. The van der Waals surface area contributed by atoms with Gasteiger partial charge < -0.3 is 9.84 Å². The molecule has 4 rings (SSSR count). The fourth-order valence-corrected chi connectivity index (χ4v) is 6.22. The summed E-state index contributed by atoms with van der Waals surface area (Å²) in [5.74, 6) is 0.807. The van der Waals surface area contributed by atoms with E-state index < -0.39 is 0 Å². The number of piperazine rings is 1. The van der Waals surface area contributed by atoms with Crippen LogP contribution in [0, 0.1) is 16.7 Å². The molecule has 0 spiro atoms. The largest absolute Gasteiger partial charge is 0.392 e. The van der Waals surface area contributed by atoms with Crippen molar-refractivity contribution in [1.29, 1.82) is 0 Å². The summed E-state index contributed by atoms with van der Waals surface area (Å²) in [6.07, 6.45) is 4.66. The molecule has 5 heteroatoms. The van der Waals surface area contributed by atoms with Gasteiger partial charge in [0.2, 0.25) is 0 Å². The lowest BCUT2D eigenvalue weighted by atomic mass is 9.70. The second kappa shape index (κ2) is 9.07. The van der Waals surface area contributed by atoms with Crippen LogP contribution < -0.4 is 0 Å². The molecule has 1 aromatic rings. The lowest BCUT2D eigenvalue weighted by Gasteiger charge is -2.39. The molecule has 1 N–H and O–H groups in total. The maximum absolute atomic E-state index is 10.6. The number of benzene rings is 1. The topological polar surface area (TPSA) is 35.9 Å². The molecule has 2 aliphatic carbocycles. The van der Waals surface area contributed by atoms with Crippen LogP contribution in [0.5, 0.6) is 0 Å². The van der Waals surface area contributed by atoms with Gasteiger partial charge in [-0.3, -0.25) is 9.80 Å². The van der Waals surface area contributed by atoms with Crippen LogP contribution >= 0.6 is 11.6 Å². The Morgan fingerprint density at radius 3 is 2.37 bits per heavy atom. The van der Waals surface area contributed by atoms with Crippen LogP contribution in [0.15, 0.2) is 24.3 Å². The number of nitrogens with zero attached hydrogens (tertiary/aromatic N) is 2. The summed E-state index contributed by atoms with van der Waals surface area (Å²) in [7, 11) is 0. The van der Waals surface area contributed by atoms with Crippen molar-refractivity contribution in [2.24, 2.45) is 16.7 Å². The summed E-state index contributed by atoms with van der Waals surface area (Å²) in [6.45, 7) is 13.8. The first kappa shape index (κ1) is 22.5. The Bertz CT molecular complexity index is 702. The smallest absolute Gasteiger partial charge is 0.0689 e. The third-order valence-electron chi connectivity index (χ3n) is 8.74. The number of rotatable bonds is 8. The zero-order chi connectivity index (χ0) is 21.4. The molecule has 0 radical (unpaired) electrons. The Morgan fingerprint density at radius 2 is 1.77 bits per heavy atom. The van der Waals surface area contributed by atoms with E-state index in [2.05, 4.69) is 42.7 Å². The molecule has 3 fully saturated rings. The molecule has 1 aromatic carbocycles. The Hall–Kier alpha value is -0.650. The maximum Gasteiger partial charge on any atom is 0.0689 e. The van der Waals surface area contributed by atoms with Crippen molar-refractivity contribution in [3.05, 3.63) is 34.9 Å². The Balaban J connectivity index is 1.14. The number of ether oxygens (including phenoxy) is 1. The van der Waals surface area contributed by atoms with Crippen molar-refractivity contribution in [2.75, 3.05) is 39.3 Å². The highest BCUT2D eigenvalue weighted by atomic mass is 35.5. The summed E-state index contributed by atoms with van der Waals surface area (Å²) in [6, 6.07) is 8.14. The summed E-state index contributed by atoms with van der Waals surface area (Å²) < 4.78 is 6.33. The van der Waals surface area contributed by atoms with Crippen LogP contribution in [-0.2, 0) is 11.3 Å². The molecule has 4 atom stereocenters. The standard InChI is InChI=1S/C25H39ClN2O2/c1-24(2)20-8-10-25(24,3)23(16-20)30-15-9-22(29)18-28-13-11-27(12-14-28)17-19-4-6-21(26)7-5-19/h4-7,20,22-23,29H,8-18H2,1-3H3/t20-,22-,23+,25+/m0/s1. The van der Waals surface area contributed by atoms with Crippen molar-refractivity contribution < 1.29 is 9.84 Å².